The summed E-state index contributed by atoms with van der Waals surface area (Å²) < 4.78 is 50.2. The molecule has 1 aromatic carbocycles. The Hall–Kier alpha value is -0.810. The van der Waals surface area contributed by atoms with Crippen LogP contribution in [-0.4, -0.2) is 11.2 Å². The van der Waals surface area contributed by atoms with E-state index >= 15 is 0 Å². The molecule has 0 saturated carbocycles. The Balaban J connectivity index is 3.24. The Bertz CT molecular complexity index is 391. The standard InChI is InChI=1S/C8H2Cl2F4O/c9-6-4(11)1-3(2-5(6)12)7(15)8(10,13)14/h1-2H. The van der Waals surface area contributed by atoms with Crippen LogP contribution >= 0.6 is 23.2 Å². The van der Waals surface area contributed by atoms with Crippen LogP contribution in [0.15, 0.2) is 12.1 Å². The van der Waals surface area contributed by atoms with Crippen LogP contribution in [0.4, 0.5) is 17.6 Å². The highest BCUT2D eigenvalue weighted by atomic mass is 35.5. The highest BCUT2D eigenvalue weighted by Gasteiger charge is 2.37. The molecule has 82 valence electrons. The van der Waals surface area contributed by atoms with Crippen molar-refractivity contribution in [1.29, 1.82) is 0 Å². The van der Waals surface area contributed by atoms with Gasteiger partial charge in [0.15, 0.2) is 0 Å². The minimum atomic E-state index is -4.20. The summed E-state index contributed by atoms with van der Waals surface area (Å²) in [6.07, 6.45) is 0. The van der Waals surface area contributed by atoms with Crippen LogP contribution in [0.5, 0.6) is 0 Å². The largest absolute Gasteiger partial charge is 0.384 e. The van der Waals surface area contributed by atoms with Gasteiger partial charge in [0.25, 0.3) is 0 Å². The van der Waals surface area contributed by atoms with Gasteiger partial charge in [-0.15, -0.1) is 0 Å². The average Bonchev–Trinajstić information content (AvgIpc) is 2.10. The predicted molar refractivity (Wildman–Crippen MR) is 46.5 cm³/mol. The van der Waals surface area contributed by atoms with Gasteiger partial charge in [-0.05, 0) is 23.7 Å². The summed E-state index contributed by atoms with van der Waals surface area (Å²) in [5.74, 6) is -4.50. The molecule has 0 spiro atoms. The number of carbonyl (C=O) groups excluding carboxylic acids is 1. The normalized spacial score (nSPS) is 11.6. The number of hydrogen-bond acceptors (Lipinski definition) is 1. The third kappa shape index (κ3) is 2.60. The van der Waals surface area contributed by atoms with E-state index < -0.39 is 33.4 Å². The summed E-state index contributed by atoms with van der Waals surface area (Å²) in [7, 11) is 0. The van der Waals surface area contributed by atoms with Gasteiger partial charge in [-0.2, -0.15) is 8.78 Å². The van der Waals surface area contributed by atoms with Crippen molar-refractivity contribution in [3.05, 3.63) is 34.4 Å². The summed E-state index contributed by atoms with van der Waals surface area (Å²) in [6, 6.07) is 0.786. The van der Waals surface area contributed by atoms with E-state index in [2.05, 4.69) is 11.6 Å². The third-order valence-corrected chi connectivity index (χ3v) is 2.04. The van der Waals surface area contributed by atoms with Gasteiger partial charge in [-0.3, -0.25) is 4.79 Å². The van der Waals surface area contributed by atoms with Crippen molar-refractivity contribution >= 4 is 29.0 Å². The van der Waals surface area contributed by atoms with Crippen LogP contribution < -0.4 is 0 Å². The van der Waals surface area contributed by atoms with Crippen LogP contribution in [0, 0.1) is 11.6 Å². The van der Waals surface area contributed by atoms with Crippen LogP contribution in [0.25, 0.3) is 0 Å². The second kappa shape index (κ2) is 3.98. The average molecular weight is 261 g/mol. The van der Waals surface area contributed by atoms with E-state index in [4.69, 9.17) is 11.6 Å². The molecular formula is C8H2Cl2F4O. The summed E-state index contributed by atoms with van der Waals surface area (Å²) in [5, 5.41) is -5.07. The van der Waals surface area contributed by atoms with Gasteiger partial charge >= 0.3 is 5.38 Å². The molecule has 0 fully saturated rings. The molecule has 0 N–H and O–H groups in total. The molecule has 0 bridgehead atoms. The fourth-order valence-electron chi connectivity index (χ4n) is 0.850. The van der Waals surface area contributed by atoms with Gasteiger partial charge in [-0.1, -0.05) is 11.6 Å². The van der Waals surface area contributed by atoms with Gasteiger partial charge in [0, 0.05) is 5.56 Å². The molecule has 0 unspecified atom stereocenters. The molecule has 1 aromatic rings. The number of ketones is 1. The maximum absolute atomic E-state index is 12.8. The fraction of sp³-hybridized carbons (Fsp3) is 0.125. The minimum Gasteiger partial charge on any atom is -0.286 e. The predicted octanol–water partition coefficient (Wildman–Crippen LogP) is 3.63. The number of rotatable bonds is 2. The molecule has 7 heteroatoms. The second-order valence-corrected chi connectivity index (χ2v) is 3.43. The third-order valence-electron chi connectivity index (χ3n) is 1.50. The SMILES string of the molecule is O=C(c1cc(F)c(Cl)c(F)c1)C(F)(F)Cl. The molecule has 0 heterocycles. The summed E-state index contributed by atoms with van der Waals surface area (Å²) in [6.45, 7) is 0. The monoisotopic (exact) mass is 260 g/mol. The molecule has 0 saturated heterocycles. The van der Waals surface area contributed by atoms with Crippen molar-refractivity contribution in [2.24, 2.45) is 0 Å². The van der Waals surface area contributed by atoms with Crippen molar-refractivity contribution in [3.8, 4) is 0 Å². The summed E-state index contributed by atoms with van der Waals surface area (Å²) in [4.78, 5) is 10.8. The number of halogens is 6. The number of hydrogen-bond donors (Lipinski definition) is 0. The first-order valence-electron chi connectivity index (χ1n) is 3.49. The molecular weight excluding hydrogens is 259 g/mol. The first kappa shape index (κ1) is 12.3. The fourth-order valence-corrected chi connectivity index (χ4v) is 1.07. The maximum atomic E-state index is 12.8. The number of benzene rings is 1. The van der Waals surface area contributed by atoms with E-state index in [1.807, 2.05) is 0 Å². The molecule has 15 heavy (non-hydrogen) atoms. The summed E-state index contributed by atoms with van der Waals surface area (Å²) in [5.41, 5.74) is -0.880. The zero-order chi connectivity index (χ0) is 11.8. The quantitative estimate of drug-likeness (QED) is 0.344. The molecule has 0 amide bonds. The second-order valence-electron chi connectivity index (χ2n) is 2.58. The van der Waals surface area contributed by atoms with Gasteiger partial charge in [0.05, 0.1) is 0 Å². The minimum absolute atomic E-state index is 0.393. The van der Waals surface area contributed by atoms with Crippen molar-refractivity contribution < 1.29 is 22.4 Å². The zero-order valence-electron chi connectivity index (χ0n) is 6.83. The lowest BCUT2D eigenvalue weighted by molar-refractivity contribution is 0.0535. The van der Waals surface area contributed by atoms with Crippen molar-refractivity contribution in [2.45, 2.75) is 5.38 Å². The lowest BCUT2D eigenvalue weighted by Crippen LogP contribution is -2.21. The van der Waals surface area contributed by atoms with Gasteiger partial charge in [0.1, 0.15) is 16.7 Å². The van der Waals surface area contributed by atoms with E-state index in [-0.39, 0.29) is 0 Å². The topological polar surface area (TPSA) is 17.1 Å². The van der Waals surface area contributed by atoms with Crippen LogP contribution in [0.2, 0.25) is 5.02 Å². The Labute approximate surface area is 91.6 Å². The first-order valence-corrected chi connectivity index (χ1v) is 4.25. The van der Waals surface area contributed by atoms with Crippen LogP contribution in [0.3, 0.4) is 0 Å². The Morgan fingerprint density at radius 1 is 1.20 bits per heavy atom. The van der Waals surface area contributed by atoms with Crippen molar-refractivity contribution in [1.82, 2.24) is 0 Å². The van der Waals surface area contributed by atoms with Crippen LogP contribution in [-0.2, 0) is 0 Å². The van der Waals surface area contributed by atoms with E-state index in [1.54, 1.807) is 0 Å². The zero-order valence-corrected chi connectivity index (χ0v) is 8.34. The van der Waals surface area contributed by atoms with Crippen LogP contribution in [0.1, 0.15) is 10.4 Å². The molecule has 0 radical (unpaired) electrons. The van der Waals surface area contributed by atoms with Crippen molar-refractivity contribution in [2.75, 3.05) is 0 Å². The highest BCUT2D eigenvalue weighted by molar-refractivity contribution is 6.35. The molecule has 1 rings (SSSR count). The Kier molecular flexibility index (Phi) is 3.25. The van der Waals surface area contributed by atoms with Crippen molar-refractivity contribution in [3.63, 3.8) is 0 Å². The van der Waals surface area contributed by atoms with Gasteiger partial charge in [0.2, 0.25) is 5.78 Å². The highest BCUT2D eigenvalue weighted by Crippen LogP contribution is 2.27. The lowest BCUT2D eigenvalue weighted by Gasteiger charge is -2.07. The maximum Gasteiger partial charge on any atom is 0.384 e. The molecule has 0 aliphatic carbocycles. The van der Waals surface area contributed by atoms with E-state index in [1.165, 1.54) is 0 Å². The molecule has 0 aromatic heterocycles. The molecule has 0 aliphatic heterocycles. The molecule has 0 aliphatic rings. The number of Topliss-reactive ketones (excluding diaryl/α,β-unsaturated/α-hetero) is 1. The van der Waals surface area contributed by atoms with Gasteiger partial charge in [-0.25, -0.2) is 8.78 Å². The molecule has 1 nitrogen and oxygen atoms in total. The summed E-state index contributed by atoms with van der Waals surface area (Å²) >= 11 is 9.49. The Morgan fingerprint density at radius 3 is 1.93 bits per heavy atom. The van der Waals surface area contributed by atoms with E-state index in [9.17, 15) is 22.4 Å². The smallest absolute Gasteiger partial charge is 0.286 e. The van der Waals surface area contributed by atoms with E-state index in [0.717, 1.165) is 0 Å². The number of alkyl halides is 3. The first-order chi connectivity index (χ1) is 6.73. The Morgan fingerprint density at radius 2 is 1.60 bits per heavy atom. The molecule has 0 atom stereocenters. The number of carbonyl (C=O) groups is 1. The lowest BCUT2D eigenvalue weighted by atomic mass is 10.1. The van der Waals surface area contributed by atoms with E-state index in [0.29, 0.717) is 12.1 Å². The van der Waals surface area contributed by atoms with Gasteiger partial charge < -0.3 is 0 Å².